The van der Waals surface area contributed by atoms with Gasteiger partial charge in [0.25, 0.3) is 5.91 Å². The van der Waals surface area contributed by atoms with Crippen LogP contribution in [-0.2, 0) is 6.42 Å². The molecule has 6 nitrogen and oxygen atoms in total. The number of hydrogen-bond donors (Lipinski definition) is 0. The lowest BCUT2D eigenvalue weighted by atomic mass is 10.1. The number of nitrogens with zero attached hydrogens (tertiary/aromatic N) is 2. The Bertz CT molecular complexity index is 622. The van der Waals surface area contributed by atoms with E-state index in [2.05, 4.69) is 0 Å². The topological polar surface area (TPSA) is 76.6 Å². The Kier molecular flexibility index (Phi) is 4.71. The molecule has 2 rings (SSSR count). The number of amides is 1. The molecule has 0 saturated carbocycles. The first-order chi connectivity index (χ1) is 10.1. The lowest BCUT2D eigenvalue weighted by Crippen LogP contribution is -2.32. The van der Waals surface area contributed by atoms with Crippen LogP contribution in [0.3, 0.4) is 0 Å². The van der Waals surface area contributed by atoms with Crippen LogP contribution < -0.4 is 0 Å². The van der Waals surface area contributed by atoms with Crippen LogP contribution in [0.4, 0.5) is 5.88 Å². The van der Waals surface area contributed by atoms with Gasteiger partial charge in [-0.3, -0.25) is 14.9 Å². The highest BCUT2D eigenvalue weighted by atomic mass is 16.6. The van der Waals surface area contributed by atoms with Gasteiger partial charge in [-0.2, -0.15) is 0 Å². The molecule has 0 aliphatic rings. The van der Waals surface area contributed by atoms with Crippen LogP contribution in [0, 0.1) is 10.1 Å². The van der Waals surface area contributed by atoms with Gasteiger partial charge < -0.3 is 9.32 Å². The lowest BCUT2D eigenvalue weighted by molar-refractivity contribution is -0.402. The van der Waals surface area contributed by atoms with Crippen molar-refractivity contribution in [2.45, 2.75) is 13.3 Å². The highest BCUT2D eigenvalue weighted by Gasteiger charge is 2.21. The molecular formula is C15H16N2O4. The van der Waals surface area contributed by atoms with Gasteiger partial charge in [0.1, 0.15) is 4.92 Å². The van der Waals surface area contributed by atoms with Crippen LogP contribution in [0.2, 0.25) is 0 Å². The highest BCUT2D eigenvalue weighted by Crippen LogP contribution is 2.17. The number of furan rings is 1. The summed E-state index contributed by atoms with van der Waals surface area (Å²) in [5, 5.41) is 10.6. The predicted octanol–water partition coefficient (Wildman–Crippen LogP) is 2.89. The number of nitro groups is 1. The van der Waals surface area contributed by atoms with E-state index in [-0.39, 0.29) is 11.7 Å². The first kappa shape index (κ1) is 14.8. The Hall–Kier alpha value is -2.63. The first-order valence-corrected chi connectivity index (χ1v) is 6.69. The molecule has 0 aliphatic carbocycles. The van der Waals surface area contributed by atoms with Gasteiger partial charge in [0.2, 0.25) is 0 Å². The summed E-state index contributed by atoms with van der Waals surface area (Å²) in [5.74, 6) is -0.754. The zero-order valence-corrected chi connectivity index (χ0v) is 11.7. The van der Waals surface area contributed by atoms with Gasteiger partial charge in [-0.25, -0.2) is 0 Å². The minimum atomic E-state index is -0.656. The van der Waals surface area contributed by atoms with Gasteiger partial charge in [-0.1, -0.05) is 30.3 Å². The normalized spacial score (nSPS) is 10.3. The smallest absolute Gasteiger partial charge is 0.395 e. The van der Waals surface area contributed by atoms with E-state index >= 15 is 0 Å². The maximum absolute atomic E-state index is 12.2. The second kappa shape index (κ2) is 6.69. The monoisotopic (exact) mass is 288 g/mol. The number of likely N-dealkylation sites (N-methyl/N-ethyl adjacent to an activating group) is 1. The number of carbonyl (C=O) groups excluding carboxylic acids is 1. The molecule has 0 radical (unpaired) electrons. The summed E-state index contributed by atoms with van der Waals surface area (Å²) in [5.41, 5.74) is 1.13. The molecule has 1 amide bonds. The van der Waals surface area contributed by atoms with E-state index in [4.69, 9.17) is 4.42 Å². The zero-order chi connectivity index (χ0) is 15.2. The van der Waals surface area contributed by atoms with Crippen molar-refractivity contribution in [3.63, 3.8) is 0 Å². The number of carbonyl (C=O) groups is 1. The highest BCUT2D eigenvalue weighted by molar-refractivity contribution is 5.91. The molecule has 6 heteroatoms. The molecule has 0 unspecified atom stereocenters. The maximum Gasteiger partial charge on any atom is 0.433 e. The Morgan fingerprint density at radius 1 is 1.24 bits per heavy atom. The van der Waals surface area contributed by atoms with Crippen molar-refractivity contribution in [3.8, 4) is 0 Å². The third-order valence-corrected chi connectivity index (χ3v) is 3.16. The molecule has 0 atom stereocenters. The molecular weight excluding hydrogens is 272 g/mol. The quantitative estimate of drug-likeness (QED) is 0.605. The fourth-order valence-corrected chi connectivity index (χ4v) is 2.01. The zero-order valence-electron chi connectivity index (χ0n) is 11.7. The minimum absolute atomic E-state index is 0.00314. The molecule has 0 aliphatic heterocycles. The molecule has 110 valence electrons. The summed E-state index contributed by atoms with van der Waals surface area (Å²) in [7, 11) is 0. The van der Waals surface area contributed by atoms with E-state index in [0.717, 1.165) is 12.0 Å². The Balaban J connectivity index is 2.02. The van der Waals surface area contributed by atoms with E-state index in [1.165, 1.54) is 12.1 Å². The summed E-state index contributed by atoms with van der Waals surface area (Å²) >= 11 is 0. The van der Waals surface area contributed by atoms with Crippen LogP contribution in [0.25, 0.3) is 0 Å². The van der Waals surface area contributed by atoms with Crippen molar-refractivity contribution in [1.82, 2.24) is 4.90 Å². The van der Waals surface area contributed by atoms with Crippen molar-refractivity contribution in [2.24, 2.45) is 0 Å². The molecule has 1 aromatic heterocycles. The molecule has 1 heterocycles. The second-order valence-electron chi connectivity index (χ2n) is 4.52. The van der Waals surface area contributed by atoms with E-state index in [9.17, 15) is 14.9 Å². The average Bonchev–Trinajstić information content (AvgIpc) is 2.99. The largest absolute Gasteiger partial charge is 0.433 e. The first-order valence-electron chi connectivity index (χ1n) is 6.69. The Labute approximate surface area is 122 Å². The summed E-state index contributed by atoms with van der Waals surface area (Å²) in [6.45, 7) is 2.91. The molecule has 0 saturated heterocycles. The summed E-state index contributed by atoms with van der Waals surface area (Å²) in [6.07, 6.45) is 0.725. The van der Waals surface area contributed by atoms with Crippen LogP contribution >= 0.6 is 0 Å². The Morgan fingerprint density at radius 2 is 1.95 bits per heavy atom. The van der Waals surface area contributed by atoms with E-state index < -0.39 is 10.8 Å². The third kappa shape index (κ3) is 3.68. The maximum atomic E-state index is 12.2. The summed E-state index contributed by atoms with van der Waals surface area (Å²) in [6, 6.07) is 12.4. The van der Waals surface area contributed by atoms with Crippen molar-refractivity contribution in [1.29, 1.82) is 0 Å². The van der Waals surface area contributed by atoms with Gasteiger partial charge in [0, 0.05) is 13.1 Å². The van der Waals surface area contributed by atoms with Crippen molar-refractivity contribution < 1.29 is 14.1 Å². The van der Waals surface area contributed by atoms with Crippen molar-refractivity contribution >= 4 is 11.8 Å². The van der Waals surface area contributed by atoms with Crippen LogP contribution in [0.1, 0.15) is 23.0 Å². The molecule has 0 N–H and O–H groups in total. The second-order valence-corrected chi connectivity index (χ2v) is 4.52. The van der Waals surface area contributed by atoms with E-state index in [1.807, 2.05) is 37.3 Å². The van der Waals surface area contributed by atoms with Gasteiger partial charge >= 0.3 is 5.88 Å². The number of benzene rings is 1. The minimum Gasteiger partial charge on any atom is -0.395 e. The number of hydrogen-bond acceptors (Lipinski definition) is 4. The fraction of sp³-hybridized carbons (Fsp3) is 0.267. The van der Waals surface area contributed by atoms with E-state index in [0.29, 0.717) is 13.1 Å². The SMILES string of the molecule is CCN(CCc1ccccc1)C(=O)c1ccc([N+](=O)[O-])o1. The number of rotatable bonds is 6. The fourth-order valence-electron chi connectivity index (χ4n) is 2.01. The van der Waals surface area contributed by atoms with Crippen LogP contribution in [0.5, 0.6) is 0 Å². The molecule has 0 spiro atoms. The Morgan fingerprint density at radius 3 is 2.52 bits per heavy atom. The van der Waals surface area contributed by atoms with Gasteiger partial charge in [0.15, 0.2) is 5.76 Å². The molecule has 0 fully saturated rings. The van der Waals surface area contributed by atoms with Crippen LogP contribution in [-0.4, -0.2) is 28.8 Å². The lowest BCUT2D eigenvalue weighted by Gasteiger charge is -2.19. The van der Waals surface area contributed by atoms with Crippen molar-refractivity contribution in [3.05, 3.63) is 63.9 Å². The summed E-state index contributed by atoms with van der Waals surface area (Å²) < 4.78 is 4.95. The van der Waals surface area contributed by atoms with Crippen LogP contribution in [0.15, 0.2) is 46.9 Å². The molecule has 2 aromatic rings. The van der Waals surface area contributed by atoms with Gasteiger partial charge in [-0.05, 0) is 25.0 Å². The molecule has 1 aromatic carbocycles. The van der Waals surface area contributed by atoms with Crippen molar-refractivity contribution in [2.75, 3.05) is 13.1 Å². The molecule has 0 bridgehead atoms. The van der Waals surface area contributed by atoms with Gasteiger partial charge in [-0.15, -0.1) is 0 Å². The predicted molar refractivity (Wildman–Crippen MR) is 77.1 cm³/mol. The average molecular weight is 288 g/mol. The van der Waals surface area contributed by atoms with Gasteiger partial charge in [0.05, 0.1) is 6.07 Å². The third-order valence-electron chi connectivity index (χ3n) is 3.16. The van der Waals surface area contributed by atoms with E-state index in [1.54, 1.807) is 4.90 Å². The standard InChI is InChI=1S/C15H16N2O4/c1-2-16(11-10-12-6-4-3-5-7-12)15(18)13-8-9-14(21-13)17(19)20/h3-9H,2,10-11H2,1H3. The molecule has 21 heavy (non-hydrogen) atoms. The summed E-state index contributed by atoms with van der Waals surface area (Å²) in [4.78, 5) is 23.8.